The summed E-state index contributed by atoms with van der Waals surface area (Å²) in [6.07, 6.45) is 5.30. The van der Waals surface area contributed by atoms with E-state index in [4.69, 9.17) is 10.7 Å². The number of carbonyl (C=O) groups excluding carboxylic acids is 2. The van der Waals surface area contributed by atoms with Gasteiger partial charge in [-0.1, -0.05) is 31.6 Å². The molecule has 0 radical (unpaired) electrons. The number of hydrogen-bond acceptors (Lipinski definition) is 6. The lowest BCUT2D eigenvalue weighted by atomic mass is 9.90. The fourth-order valence-corrected chi connectivity index (χ4v) is 4.25. The van der Waals surface area contributed by atoms with Crippen LogP contribution in [0.2, 0.25) is 0 Å². The van der Waals surface area contributed by atoms with Gasteiger partial charge in [-0.3, -0.25) is 9.59 Å². The van der Waals surface area contributed by atoms with E-state index >= 15 is 0 Å². The first-order valence-electron chi connectivity index (χ1n) is 10.4. The summed E-state index contributed by atoms with van der Waals surface area (Å²) in [7, 11) is 0. The second-order valence-electron chi connectivity index (χ2n) is 7.98. The Hall–Kier alpha value is -3.19. The molecule has 1 aromatic heterocycles. The Labute approximate surface area is 176 Å². The summed E-state index contributed by atoms with van der Waals surface area (Å²) in [4.78, 5) is 30.1. The largest absolute Gasteiger partial charge is 0.365 e. The lowest BCUT2D eigenvalue weighted by Gasteiger charge is -2.30. The van der Waals surface area contributed by atoms with Gasteiger partial charge in [0.15, 0.2) is 5.78 Å². The van der Waals surface area contributed by atoms with Crippen molar-refractivity contribution in [3.05, 3.63) is 59.2 Å². The number of carbonyl (C=O) groups is 2. The number of aromatic nitrogens is 1. The topological polar surface area (TPSA) is 109 Å². The zero-order valence-corrected chi connectivity index (χ0v) is 17.1. The van der Waals surface area contributed by atoms with E-state index in [2.05, 4.69) is 22.5 Å². The molecule has 30 heavy (non-hydrogen) atoms. The molecule has 2 heterocycles. The molecule has 0 spiro atoms. The number of fused-ring (bicyclic) bond motifs is 1. The molecule has 2 atom stereocenters. The van der Waals surface area contributed by atoms with Gasteiger partial charge in [0.1, 0.15) is 11.6 Å². The van der Waals surface area contributed by atoms with Gasteiger partial charge < -0.3 is 21.7 Å². The SMILES string of the molecule is C=CC(=O)c1c(NC2CCCCC2N)nc(Nc2cccc(C)c2)c2c1CNC2=O. The average Bonchev–Trinajstić information content (AvgIpc) is 3.11. The first-order valence-corrected chi connectivity index (χ1v) is 10.4. The molecule has 0 saturated heterocycles. The molecule has 156 valence electrons. The van der Waals surface area contributed by atoms with Gasteiger partial charge in [0.2, 0.25) is 0 Å². The van der Waals surface area contributed by atoms with Crippen molar-refractivity contribution in [2.45, 2.75) is 51.2 Å². The van der Waals surface area contributed by atoms with Crippen molar-refractivity contribution in [1.29, 1.82) is 0 Å². The summed E-state index contributed by atoms with van der Waals surface area (Å²) >= 11 is 0. The number of nitrogens with two attached hydrogens (primary N) is 1. The van der Waals surface area contributed by atoms with E-state index in [1.807, 2.05) is 31.2 Å². The standard InChI is InChI=1S/C23H27N5O2/c1-3-18(29)19-15-12-25-23(30)20(15)22(26-14-8-6-7-13(2)11-14)28-21(19)27-17-10-5-4-9-16(17)24/h3,6-8,11,16-17H,1,4-5,9-10,12,24H2,2H3,(H,25,30)(H2,26,27,28). The summed E-state index contributed by atoms with van der Waals surface area (Å²) in [5.41, 5.74) is 9.67. The Morgan fingerprint density at radius 3 is 2.83 bits per heavy atom. The minimum atomic E-state index is -0.260. The van der Waals surface area contributed by atoms with Crippen molar-refractivity contribution in [3.8, 4) is 0 Å². The van der Waals surface area contributed by atoms with Crippen molar-refractivity contribution < 1.29 is 9.59 Å². The minimum absolute atomic E-state index is 0.00609. The Balaban J connectivity index is 1.82. The van der Waals surface area contributed by atoms with Crippen LogP contribution < -0.4 is 21.7 Å². The average molecular weight is 406 g/mol. The summed E-state index contributed by atoms with van der Waals surface area (Å²) in [6.45, 7) is 5.91. The van der Waals surface area contributed by atoms with Gasteiger partial charge >= 0.3 is 0 Å². The van der Waals surface area contributed by atoms with Crippen LogP contribution in [0.5, 0.6) is 0 Å². The van der Waals surface area contributed by atoms with Crippen LogP contribution in [-0.4, -0.2) is 28.8 Å². The Morgan fingerprint density at radius 1 is 1.30 bits per heavy atom. The third kappa shape index (κ3) is 3.80. The maximum absolute atomic E-state index is 12.7. The maximum atomic E-state index is 12.7. The van der Waals surface area contributed by atoms with Gasteiger partial charge in [-0.2, -0.15) is 0 Å². The Morgan fingerprint density at radius 2 is 2.10 bits per heavy atom. The third-order valence-corrected chi connectivity index (χ3v) is 5.81. The highest BCUT2D eigenvalue weighted by molar-refractivity contribution is 6.14. The van der Waals surface area contributed by atoms with Crippen LogP contribution in [0, 0.1) is 6.92 Å². The number of nitrogens with one attached hydrogen (secondary N) is 3. The smallest absolute Gasteiger partial charge is 0.255 e. The van der Waals surface area contributed by atoms with Crippen molar-refractivity contribution in [2.24, 2.45) is 5.73 Å². The molecule has 2 aliphatic rings. The van der Waals surface area contributed by atoms with E-state index in [9.17, 15) is 9.59 Å². The zero-order valence-electron chi connectivity index (χ0n) is 17.1. The molecular formula is C23H27N5O2. The second kappa shape index (κ2) is 8.28. The van der Waals surface area contributed by atoms with Crippen molar-refractivity contribution in [1.82, 2.24) is 10.3 Å². The maximum Gasteiger partial charge on any atom is 0.255 e. The van der Waals surface area contributed by atoms with E-state index in [1.54, 1.807) is 0 Å². The summed E-state index contributed by atoms with van der Waals surface area (Å²) < 4.78 is 0. The number of anilines is 3. The highest BCUT2D eigenvalue weighted by atomic mass is 16.2. The van der Waals surface area contributed by atoms with Crippen molar-refractivity contribution in [2.75, 3.05) is 10.6 Å². The molecule has 1 aliphatic heterocycles. The fraction of sp³-hybridized carbons (Fsp3) is 0.348. The number of aryl methyl sites for hydroxylation is 1. The van der Waals surface area contributed by atoms with Gasteiger partial charge in [0.25, 0.3) is 5.91 Å². The number of ketones is 1. The van der Waals surface area contributed by atoms with Crippen LogP contribution in [0.25, 0.3) is 0 Å². The molecule has 7 nitrogen and oxygen atoms in total. The number of benzene rings is 1. The van der Waals surface area contributed by atoms with Crippen LogP contribution in [0.4, 0.5) is 17.3 Å². The number of amides is 1. The Bertz CT molecular complexity index is 1020. The summed E-state index contributed by atoms with van der Waals surface area (Å²) in [5.74, 6) is 0.377. The molecule has 1 saturated carbocycles. The minimum Gasteiger partial charge on any atom is -0.365 e. The molecule has 5 N–H and O–H groups in total. The van der Waals surface area contributed by atoms with E-state index in [1.165, 1.54) is 6.08 Å². The van der Waals surface area contributed by atoms with Gasteiger partial charge in [-0.05, 0) is 43.5 Å². The monoisotopic (exact) mass is 405 g/mol. The molecule has 0 bridgehead atoms. The molecule has 1 amide bonds. The molecular weight excluding hydrogens is 378 g/mol. The first-order chi connectivity index (χ1) is 14.5. The van der Waals surface area contributed by atoms with Crippen molar-refractivity contribution in [3.63, 3.8) is 0 Å². The number of nitrogens with zero attached hydrogens (tertiary/aromatic N) is 1. The lowest BCUT2D eigenvalue weighted by molar-refractivity contribution is 0.0965. The lowest BCUT2D eigenvalue weighted by Crippen LogP contribution is -2.43. The van der Waals surface area contributed by atoms with Gasteiger partial charge in [0.05, 0.1) is 11.1 Å². The number of allylic oxidation sites excluding steroid dienone is 1. The van der Waals surface area contributed by atoms with Crippen LogP contribution in [0.15, 0.2) is 36.9 Å². The van der Waals surface area contributed by atoms with Gasteiger partial charge in [0, 0.05) is 29.9 Å². The van der Waals surface area contributed by atoms with Crippen LogP contribution in [0.1, 0.15) is 57.5 Å². The number of pyridine rings is 1. The van der Waals surface area contributed by atoms with Crippen molar-refractivity contribution >= 4 is 29.0 Å². The normalized spacial score (nSPS) is 20.3. The molecule has 1 fully saturated rings. The van der Waals surface area contributed by atoms with Crippen LogP contribution in [0.3, 0.4) is 0 Å². The van der Waals surface area contributed by atoms with Gasteiger partial charge in [-0.15, -0.1) is 0 Å². The number of rotatable bonds is 6. The molecule has 2 unspecified atom stereocenters. The third-order valence-electron chi connectivity index (χ3n) is 5.81. The predicted octanol–water partition coefficient (Wildman–Crippen LogP) is 3.43. The van der Waals surface area contributed by atoms with E-state index in [0.29, 0.717) is 28.3 Å². The van der Waals surface area contributed by atoms with Crippen LogP contribution in [-0.2, 0) is 6.54 Å². The van der Waals surface area contributed by atoms with E-state index < -0.39 is 0 Å². The first kappa shape index (κ1) is 20.1. The predicted molar refractivity (Wildman–Crippen MR) is 118 cm³/mol. The van der Waals surface area contributed by atoms with E-state index in [0.717, 1.165) is 36.9 Å². The molecule has 7 heteroatoms. The fourth-order valence-electron chi connectivity index (χ4n) is 4.25. The second-order valence-corrected chi connectivity index (χ2v) is 7.98. The molecule has 1 aliphatic carbocycles. The quantitative estimate of drug-likeness (QED) is 0.433. The zero-order chi connectivity index (χ0) is 21.3. The Kier molecular flexibility index (Phi) is 5.55. The van der Waals surface area contributed by atoms with Gasteiger partial charge in [-0.25, -0.2) is 4.98 Å². The molecule has 1 aromatic carbocycles. The summed E-state index contributed by atoms with van der Waals surface area (Å²) in [6, 6.07) is 7.85. The highest BCUT2D eigenvalue weighted by Crippen LogP contribution is 2.34. The molecule has 4 rings (SSSR count). The van der Waals surface area contributed by atoms with Crippen LogP contribution >= 0.6 is 0 Å². The number of hydrogen-bond donors (Lipinski definition) is 4. The molecule has 2 aromatic rings. The highest BCUT2D eigenvalue weighted by Gasteiger charge is 2.33. The summed E-state index contributed by atoms with van der Waals surface area (Å²) in [5, 5.41) is 9.50. The van der Waals surface area contributed by atoms with E-state index in [-0.39, 0.29) is 30.3 Å².